The van der Waals surface area contributed by atoms with Gasteiger partial charge >= 0.3 is 18.1 Å². The molecule has 8 nitrogen and oxygen atoms in total. The van der Waals surface area contributed by atoms with Crippen molar-refractivity contribution in [3.05, 3.63) is 0 Å². The molecule has 3 aliphatic rings. The first-order valence-corrected chi connectivity index (χ1v) is 5.23. The van der Waals surface area contributed by atoms with Crippen LogP contribution in [-0.4, -0.2) is 72.1 Å². The van der Waals surface area contributed by atoms with Gasteiger partial charge in [0.05, 0.1) is 27.3 Å². The maximum Gasteiger partial charge on any atom is 0.438 e. The number of amides is 6. The van der Waals surface area contributed by atoms with Crippen molar-refractivity contribution in [1.29, 1.82) is 0 Å². The minimum absolute atomic E-state index is 0.324. The summed E-state index contributed by atoms with van der Waals surface area (Å²) in [7, 11) is 2.89. The van der Waals surface area contributed by atoms with Crippen LogP contribution >= 0.6 is 0 Å². The highest BCUT2D eigenvalue weighted by Gasteiger charge is 2.61. The number of quaternary nitrogens is 1. The van der Waals surface area contributed by atoms with Crippen molar-refractivity contribution in [2.75, 3.05) is 27.3 Å². The molecule has 0 spiro atoms. The molecule has 3 rings (SSSR count). The fourth-order valence-electron chi connectivity index (χ4n) is 1.78. The van der Waals surface area contributed by atoms with E-state index < -0.39 is 35.0 Å². The molecule has 3 aliphatic heterocycles. The molecular weight excluding hydrogens is 230 g/mol. The van der Waals surface area contributed by atoms with Crippen LogP contribution in [0.5, 0.6) is 0 Å². The summed E-state index contributed by atoms with van der Waals surface area (Å²) < 4.78 is 9.39. The van der Waals surface area contributed by atoms with Crippen LogP contribution in [0.1, 0.15) is 0 Å². The van der Waals surface area contributed by atoms with Gasteiger partial charge in [-0.1, -0.05) is 0 Å². The van der Waals surface area contributed by atoms with Gasteiger partial charge in [0.15, 0.2) is 12.5 Å². The first-order valence-electron chi connectivity index (χ1n) is 5.23. The number of carbonyl (C=O) groups is 3. The molecule has 2 atom stereocenters. The molecule has 6 amide bonds. The lowest BCUT2D eigenvalue weighted by atomic mass is 10.4. The van der Waals surface area contributed by atoms with Crippen LogP contribution in [0.25, 0.3) is 0 Å². The summed E-state index contributed by atoms with van der Waals surface area (Å²) >= 11 is 0. The van der Waals surface area contributed by atoms with Crippen LogP contribution in [0.2, 0.25) is 0 Å². The second-order valence-corrected chi connectivity index (χ2v) is 4.62. The molecule has 3 fully saturated rings. The van der Waals surface area contributed by atoms with E-state index >= 15 is 0 Å². The Morgan fingerprint density at radius 2 is 1.35 bits per heavy atom. The lowest BCUT2D eigenvalue weighted by Crippen LogP contribution is -2.71. The lowest BCUT2D eigenvalue weighted by Gasteiger charge is -2.37. The number of epoxide rings is 2. The van der Waals surface area contributed by atoms with E-state index in [4.69, 9.17) is 9.47 Å². The Balaban J connectivity index is 1.98. The molecule has 17 heavy (non-hydrogen) atoms. The summed E-state index contributed by atoms with van der Waals surface area (Å²) in [6.07, 6.45) is -1.08. The molecule has 0 saturated carbocycles. The zero-order valence-electron chi connectivity index (χ0n) is 9.45. The van der Waals surface area contributed by atoms with Gasteiger partial charge in [0, 0.05) is 0 Å². The summed E-state index contributed by atoms with van der Waals surface area (Å²) in [5, 5.41) is 0. The average Bonchev–Trinajstić information content (AvgIpc) is 3.09. The molecule has 0 aromatic rings. The van der Waals surface area contributed by atoms with Crippen LogP contribution in [0.3, 0.4) is 0 Å². The van der Waals surface area contributed by atoms with E-state index in [2.05, 4.69) is 0 Å². The third kappa shape index (κ3) is 1.38. The molecule has 0 aliphatic carbocycles. The summed E-state index contributed by atoms with van der Waals surface area (Å²) in [6, 6.07) is -1.79. The van der Waals surface area contributed by atoms with Crippen LogP contribution in [0, 0.1) is 0 Å². The van der Waals surface area contributed by atoms with Gasteiger partial charge in [0.2, 0.25) is 0 Å². The first-order chi connectivity index (χ1) is 7.94. The largest absolute Gasteiger partial charge is 0.438 e. The molecule has 3 saturated heterocycles. The smallest absolute Gasteiger partial charge is 0.350 e. The van der Waals surface area contributed by atoms with E-state index in [1.165, 1.54) is 14.1 Å². The Morgan fingerprint density at radius 1 is 1.00 bits per heavy atom. The lowest BCUT2D eigenvalue weighted by molar-refractivity contribution is -0.733. The van der Waals surface area contributed by atoms with Crippen molar-refractivity contribution in [3.63, 3.8) is 0 Å². The number of ether oxygens (including phenoxy) is 2. The van der Waals surface area contributed by atoms with Crippen molar-refractivity contribution in [3.8, 4) is 0 Å². The van der Waals surface area contributed by atoms with Gasteiger partial charge in [-0.3, -0.25) is 0 Å². The molecule has 3 heterocycles. The molecule has 0 bridgehead atoms. The molecule has 8 heteroatoms. The predicted molar refractivity (Wildman–Crippen MR) is 51.5 cm³/mol. The highest BCUT2D eigenvalue weighted by molar-refractivity contribution is 6.06. The van der Waals surface area contributed by atoms with Gasteiger partial charge < -0.3 is 9.47 Å². The minimum Gasteiger partial charge on any atom is -0.350 e. The maximum absolute atomic E-state index is 12.0. The molecule has 0 N–H and O–H groups in total. The van der Waals surface area contributed by atoms with Crippen molar-refractivity contribution in [1.82, 2.24) is 9.80 Å². The van der Waals surface area contributed by atoms with E-state index in [-0.39, 0.29) is 0 Å². The third-order valence-corrected chi connectivity index (χ3v) is 2.99. The fraction of sp³-hybridized carbons (Fsp3) is 0.667. The zero-order valence-corrected chi connectivity index (χ0v) is 9.45. The molecular formula is C9H12N3O5+. The van der Waals surface area contributed by atoms with Crippen LogP contribution in [-0.2, 0) is 9.47 Å². The average molecular weight is 242 g/mol. The number of carbonyl (C=O) groups excluding carboxylic acids is 3. The molecule has 0 aromatic carbocycles. The maximum atomic E-state index is 12.0. The summed E-state index contributed by atoms with van der Waals surface area (Å²) in [4.78, 5) is 38.1. The molecule has 92 valence electrons. The number of hydrogen-bond acceptors (Lipinski definition) is 5. The van der Waals surface area contributed by atoms with Gasteiger partial charge in [-0.2, -0.15) is 14.3 Å². The van der Waals surface area contributed by atoms with Gasteiger partial charge in [-0.05, 0) is 0 Å². The first kappa shape index (κ1) is 10.6. The van der Waals surface area contributed by atoms with Crippen molar-refractivity contribution >= 4 is 18.1 Å². The summed E-state index contributed by atoms with van der Waals surface area (Å²) in [5.74, 6) is 0. The van der Waals surface area contributed by atoms with Gasteiger partial charge in [-0.15, -0.1) is 0 Å². The Hall–Kier alpha value is -1.51. The van der Waals surface area contributed by atoms with E-state index in [0.29, 0.717) is 13.2 Å². The second kappa shape index (κ2) is 3.03. The van der Waals surface area contributed by atoms with E-state index in [1.54, 1.807) is 0 Å². The summed E-state index contributed by atoms with van der Waals surface area (Å²) in [5.41, 5.74) is 0. The third-order valence-electron chi connectivity index (χ3n) is 2.99. The van der Waals surface area contributed by atoms with Crippen LogP contribution in [0.4, 0.5) is 14.4 Å². The number of rotatable bonds is 2. The van der Waals surface area contributed by atoms with E-state index in [9.17, 15) is 14.4 Å². The molecule has 0 aromatic heterocycles. The summed E-state index contributed by atoms with van der Waals surface area (Å²) in [6.45, 7) is 0.649. The van der Waals surface area contributed by atoms with Crippen LogP contribution in [0.15, 0.2) is 0 Å². The van der Waals surface area contributed by atoms with Crippen LogP contribution < -0.4 is 0 Å². The van der Waals surface area contributed by atoms with Crippen molar-refractivity contribution < 1.29 is 28.3 Å². The normalized spacial score (nSPS) is 35.3. The monoisotopic (exact) mass is 242 g/mol. The number of urea groups is 3. The number of imide groups is 3. The van der Waals surface area contributed by atoms with Gasteiger partial charge in [0.1, 0.15) is 0 Å². The number of nitrogens with zero attached hydrogens (tertiary/aromatic N) is 3. The highest BCUT2D eigenvalue weighted by Crippen LogP contribution is 2.31. The fourth-order valence-corrected chi connectivity index (χ4v) is 1.78. The number of hydrogen-bond donors (Lipinski definition) is 0. The Morgan fingerprint density at radius 3 is 1.65 bits per heavy atom. The van der Waals surface area contributed by atoms with Crippen molar-refractivity contribution in [2.24, 2.45) is 0 Å². The van der Waals surface area contributed by atoms with Crippen molar-refractivity contribution in [2.45, 2.75) is 12.5 Å². The SMILES string of the molecule is C[N+]1(C)C(=O)N(C2CO2)C(=O)N(C2CO2)C1=O. The van der Waals surface area contributed by atoms with Gasteiger partial charge in [0.25, 0.3) is 0 Å². The van der Waals surface area contributed by atoms with E-state index in [0.717, 1.165) is 9.80 Å². The second-order valence-electron chi connectivity index (χ2n) is 4.62. The van der Waals surface area contributed by atoms with Gasteiger partial charge in [-0.25, -0.2) is 14.4 Å². The quantitative estimate of drug-likeness (QED) is 0.492. The highest BCUT2D eigenvalue weighted by atomic mass is 16.6. The minimum atomic E-state index is -0.651. The van der Waals surface area contributed by atoms with E-state index in [1.807, 2.05) is 0 Å². The standard InChI is InChI=1S/C9H12N3O5/c1-12(2)8(14)10(5-3-16-5)7(13)11(9(12)15)6-4-17-6/h5-6H,3-4H2,1-2H3/q+1. The predicted octanol–water partition coefficient (Wildman–Crippen LogP) is -0.247. The Bertz CT molecular complexity index is 390. The molecule has 2 unspecified atom stereocenters. The zero-order chi connectivity index (χ0) is 12.4. The Kier molecular flexibility index (Phi) is 1.90. The topological polar surface area (TPSA) is 82.8 Å². The Labute approximate surface area is 96.8 Å². The molecule has 0 radical (unpaired) electrons.